The Labute approximate surface area is 263 Å². The second-order valence-corrected chi connectivity index (χ2v) is 11.9. The second kappa shape index (κ2) is 14.2. The Balaban J connectivity index is 1.34. The highest BCUT2D eigenvalue weighted by molar-refractivity contribution is 6.22. The highest BCUT2D eigenvalue weighted by Gasteiger charge is 2.55. The molecule has 4 atom stereocenters. The average molecular weight is 613 g/mol. The summed E-state index contributed by atoms with van der Waals surface area (Å²) in [5, 5.41) is 35.0. The van der Waals surface area contributed by atoms with Gasteiger partial charge in [-0.25, -0.2) is 4.39 Å². The number of rotatable bonds is 12. The standard InChI is InChI=1S/C37H41FN2O5/c1-3-8-23(19-24-12-17-32(42)31(38)20-24)11-18-33(43)34-25(4-2)21-29-35(30(34)22-41)37(45)40(36(29)44)28-15-13-27(14-16-28)39-26-9-6-5-7-10-26/h5-7,9-10,12-17,19-20,29-30,33,35,39,41-43H,3-4,8,11,18,21-22H2,1-2H3/b23-19+/t29-,30+,33-,35-/m1/s1. The highest BCUT2D eigenvalue weighted by Crippen LogP contribution is 2.48. The van der Waals surface area contributed by atoms with Gasteiger partial charge in [0, 0.05) is 17.3 Å². The average Bonchev–Trinajstić information content (AvgIpc) is 3.30. The van der Waals surface area contributed by atoms with Crippen LogP contribution in [0.5, 0.6) is 5.75 Å². The molecule has 0 bridgehead atoms. The third-order valence-electron chi connectivity index (χ3n) is 9.01. The van der Waals surface area contributed by atoms with E-state index in [1.807, 2.05) is 62.4 Å². The van der Waals surface area contributed by atoms with Gasteiger partial charge in [-0.1, -0.05) is 61.8 Å². The molecule has 3 aromatic rings. The number of fused-ring (bicyclic) bond motifs is 1. The molecular formula is C37H41FN2O5. The monoisotopic (exact) mass is 612 g/mol. The number of anilines is 3. The van der Waals surface area contributed by atoms with Gasteiger partial charge in [-0.3, -0.25) is 14.5 Å². The van der Waals surface area contributed by atoms with Crippen LogP contribution in [0.1, 0.15) is 57.9 Å². The quantitative estimate of drug-likeness (QED) is 0.128. The van der Waals surface area contributed by atoms with Crippen molar-refractivity contribution in [2.75, 3.05) is 16.8 Å². The zero-order chi connectivity index (χ0) is 32.1. The normalized spacial score (nSPS) is 20.9. The van der Waals surface area contributed by atoms with E-state index in [4.69, 9.17) is 0 Å². The lowest BCUT2D eigenvalue weighted by Crippen LogP contribution is -2.39. The SMILES string of the molecule is CCC/C(=C\c1ccc(O)c(F)c1)CC[C@@H](O)C1=C(CC)C[C@H]2C(=O)N(c3ccc(Nc4ccccc4)cc3)C(=O)[C@H]2[C@H]1CO. The number of phenolic OH excluding ortho intramolecular Hbond substituents is 1. The Bertz CT molecular complexity index is 1580. The molecule has 0 aromatic heterocycles. The molecule has 5 rings (SSSR count). The number of aromatic hydroxyl groups is 1. The molecule has 8 heteroatoms. The zero-order valence-corrected chi connectivity index (χ0v) is 25.7. The lowest BCUT2D eigenvalue weighted by Gasteiger charge is -2.36. The smallest absolute Gasteiger partial charge is 0.238 e. The van der Waals surface area contributed by atoms with Crippen molar-refractivity contribution < 1.29 is 29.3 Å². The van der Waals surface area contributed by atoms with Gasteiger partial charge in [0.05, 0.1) is 30.2 Å². The number of amides is 2. The van der Waals surface area contributed by atoms with Crippen LogP contribution in [0.2, 0.25) is 0 Å². The third kappa shape index (κ3) is 6.87. The summed E-state index contributed by atoms with van der Waals surface area (Å²) in [4.78, 5) is 28.8. The van der Waals surface area contributed by atoms with Gasteiger partial charge >= 0.3 is 0 Å². The Morgan fingerprint density at radius 3 is 2.36 bits per heavy atom. The van der Waals surface area contributed by atoms with Crippen molar-refractivity contribution in [2.24, 2.45) is 17.8 Å². The summed E-state index contributed by atoms with van der Waals surface area (Å²) in [6.07, 6.45) is 4.45. The van der Waals surface area contributed by atoms with E-state index in [0.29, 0.717) is 42.5 Å². The first-order valence-electron chi connectivity index (χ1n) is 15.7. The minimum atomic E-state index is -0.907. The van der Waals surface area contributed by atoms with E-state index in [1.165, 1.54) is 17.0 Å². The van der Waals surface area contributed by atoms with Gasteiger partial charge in [0.15, 0.2) is 11.6 Å². The maximum atomic E-state index is 13.9. The van der Waals surface area contributed by atoms with Crippen molar-refractivity contribution in [1.29, 1.82) is 0 Å². The van der Waals surface area contributed by atoms with Crippen LogP contribution in [-0.2, 0) is 9.59 Å². The number of phenols is 1. The number of imide groups is 1. The summed E-state index contributed by atoms with van der Waals surface area (Å²) in [7, 11) is 0. The molecule has 0 saturated carbocycles. The Kier molecular flexibility index (Phi) is 10.2. The molecule has 7 nitrogen and oxygen atoms in total. The Hall–Kier alpha value is -4.27. The maximum absolute atomic E-state index is 13.9. The number of nitrogens with one attached hydrogen (secondary N) is 1. The fourth-order valence-electron chi connectivity index (χ4n) is 6.85. The molecule has 1 fully saturated rings. The number of nitrogens with zero attached hydrogens (tertiary/aromatic N) is 1. The largest absolute Gasteiger partial charge is 0.505 e. The zero-order valence-electron chi connectivity index (χ0n) is 25.7. The number of para-hydroxylation sites is 1. The molecule has 236 valence electrons. The Morgan fingerprint density at radius 1 is 1.00 bits per heavy atom. The summed E-state index contributed by atoms with van der Waals surface area (Å²) in [6, 6.07) is 21.1. The van der Waals surface area contributed by atoms with E-state index >= 15 is 0 Å². The predicted octanol–water partition coefficient (Wildman–Crippen LogP) is 7.12. The molecule has 45 heavy (non-hydrogen) atoms. The third-order valence-corrected chi connectivity index (χ3v) is 9.01. The van der Waals surface area contributed by atoms with Crippen LogP contribution >= 0.6 is 0 Å². The molecule has 0 spiro atoms. The van der Waals surface area contributed by atoms with E-state index in [2.05, 4.69) is 5.32 Å². The molecule has 2 aliphatic rings. The molecule has 1 aliphatic heterocycles. The van der Waals surface area contributed by atoms with Crippen molar-refractivity contribution in [3.63, 3.8) is 0 Å². The van der Waals surface area contributed by atoms with E-state index in [-0.39, 0.29) is 18.4 Å². The topological polar surface area (TPSA) is 110 Å². The van der Waals surface area contributed by atoms with Gasteiger partial charge in [0.25, 0.3) is 0 Å². The summed E-state index contributed by atoms with van der Waals surface area (Å²) in [5.74, 6) is -3.74. The number of hydrogen-bond acceptors (Lipinski definition) is 6. The van der Waals surface area contributed by atoms with Crippen molar-refractivity contribution in [3.8, 4) is 5.75 Å². The highest BCUT2D eigenvalue weighted by atomic mass is 19.1. The van der Waals surface area contributed by atoms with Crippen molar-refractivity contribution in [1.82, 2.24) is 0 Å². The van der Waals surface area contributed by atoms with Crippen LogP contribution in [0.3, 0.4) is 0 Å². The van der Waals surface area contributed by atoms with Gasteiger partial charge in [0.2, 0.25) is 11.8 Å². The van der Waals surface area contributed by atoms with Crippen LogP contribution in [0.4, 0.5) is 21.5 Å². The molecule has 2 amide bonds. The molecule has 1 aliphatic carbocycles. The van der Waals surface area contributed by atoms with Gasteiger partial charge in [-0.2, -0.15) is 0 Å². The molecule has 1 heterocycles. The minimum absolute atomic E-state index is 0.277. The van der Waals surface area contributed by atoms with Crippen molar-refractivity contribution in [3.05, 3.63) is 101 Å². The first-order valence-corrected chi connectivity index (χ1v) is 15.7. The second-order valence-electron chi connectivity index (χ2n) is 11.9. The van der Waals surface area contributed by atoms with Crippen LogP contribution in [0.15, 0.2) is 89.5 Å². The van der Waals surface area contributed by atoms with E-state index in [9.17, 15) is 29.3 Å². The first kappa shape index (κ1) is 32.1. The molecule has 4 N–H and O–H groups in total. The summed E-state index contributed by atoms with van der Waals surface area (Å²) < 4.78 is 13.9. The van der Waals surface area contributed by atoms with Crippen LogP contribution in [0.25, 0.3) is 6.08 Å². The molecule has 0 radical (unpaired) electrons. The van der Waals surface area contributed by atoms with Crippen molar-refractivity contribution in [2.45, 2.75) is 58.5 Å². The number of aliphatic hydroxyl groups excluding tert-OH is 2. The molecule has 1 saturated heterocycles. The number of allylic oxidation sites excluding steroid dienone is 2. The minimum Gasteiger partial charge on any atom is -0.505 e. The number of carbonyl (C=O) groups excluding carboxylic acids is 2. The van der Waals surface area contributed by atoms with Gasteiger partial charge in [-0.05, 0) is 91.8 Å². The van der Waals surface area contributed by atoms with E-state index in [0.717, 1.165) is 35.4 Å². The number of aliphatic hydroxyl groups is 2. The molecule has 3 aromatic carbocycles. The van der Waals surface area contributed by atoms with Crippen LogP contribution < -0.4 is 10.2 Å². The summed E-state index contributed by atoms with van der Waals surface area (Å²) in [5.41, 5.74) is 5.46. The number of benzene rings is 3. The lowest BCUT2D eigenvalue weighted by molar-refractivity contribution is -0.123. The number of halogens is 1. The molecule has 0 unspecified atom stereocenters. The first-order chi connectivity index (χ1) is 21.7. The number of hydrogen-bond donors (Lipinski definition) is 4. The Morgan fingerprint density at radius 2 is 1.71 bits per heavy atom. The molecular weight excluding hydrogens is 571 g/mol. The summed E-state index contributed by atoms with van der Waals surface area (Å²) in [6.45, 7) is 3.66. The van der Waals surface area contributed by atoms with Gasteiger partial charge < -0.3 is 20.6 Å². The van der Waals surface area contributed by atoms with Gasteiger partial charge in [0.1, 0.15) is 0 Å². The lowest BCUT2D eigenvalue weighted by atomic mass is 9.67. The fourth-order valence-corrected chi connectivity index (χ4v) is 6.85. The van der Waals surface area contributed by atoms with Crippen molar-refractivity contribution >= 4 is 35.0 Å². The van der Waals surface area contributed by atoms with E-state index in [1.54, 1.807) is 18.2 Å². The predicted molar refractivity (Wildman–Crippen MR) is 174 cm³/mol. The van der Waals surface area contributed by atoms with E-state index < -0.39 is 35.4 Å². The van der Waals surface area contributed by atoms with Crippen LogP contribution in [-0.4, -0.2) is 39.8 Å². The fraction of sp³-hybridized carbons (Fsp3) is 0.351. The van der Waals surface area contributed by atoms with Crippen LogP contribution in [0, 0.1) is 23.6 Å². The maximum Gasteiger partial charge on any atom is 0.238 e. The summed E-state index contributed by atoms with van der Waals surface area (Å²) >= 11 is 0. The number of carbonyl (C=O) groups is 2. The van der Waals surface area contributed by atoms with Gasteiger partial charge in [-0.15, -0.1) is 0 Å².